The fraction of sp³-hybridized carbons (Fsp3) is 0.875. The van der Waals surface area contributed by atoms with Gasteiger partial charge in [-0.1, -0.05) is 6.92 Å². The molecule has 0 aromatic carbocycles. The van der Waals surface area contributed by atoms with Crippen LogP contribution in [0.3, 0.4) is 0 Å². The number of rotatable bonds is 4. The van der Waals surface area contributed by atoms with Gasteiger partial charge >= 0.3 is 0 Å². The number of piperidine rings is 2. The molecule has 2 bridgehead atoms. The maximum Gasteiger partial charge on any atom is 0.227 e. The molecule has 2 amide bonds. The van der Waals surface area contributed by atoms with Gasteiger partial charge in [0.1, 0.15) is 0 Å². The number of carbonyl (C=O) groups excluding carboxylic acids is 2. The first-order valence-corrected chi connectivity index (χ1v) is 8.50. The Balaban J connectivity index is 1.65. The van der Waals surface area contributed by atoms with Crippen LogP contribution in [0.2, 0.25) is 0 Å². The molecule has 5 heteroatoms. The SMILES string of the molecule is CCCN(C(=O)C1CCC(=O)NC1)C1CC2CCC(C1)N2. The molecule has 0 aliphatic carbocycles. The minimum atomic E-state index is -0.0122. The lowest BCUT2D eigenvalue weighted by molar-refractivity contribution is -0.140. The van der Waals surface area contributed by atoms with Crippen molar-refractivity contribution in [3.8, 4) is 0 Å². The molecule has 3 aliphatic heterocycles. The Labute approximate surface area is 126 Å². The summed E-state index contributed by atoms with van der Waals surface area (Å²) in [5.74, 6) is 0.339. The van der Waals surface area contributed by atoms with E-state index in [-0.39, 0.29) is 17.7 Å². The molecular weight excluding hydrogens is 266 g/mol. The Hall–Kier alpha value is -1.10. The summed E-state index contributed by atoms with van der Waals surface area (Å²) >= 11 is 0. The highest BCUT2D eigenvalue weighted by Crippen LogP contribution is 2.31. The Morgan fingerprint density at radius 2 is 1.95 bits per heavy atom. The van der Waals surface area contributed by atoms with E-state index in [0.29, 0.717) is 37.5 Å². The molecule has 2 N–H and O–H groups in total. The number of nitrogens with one attached hydrogen (secondary N) is 2. The second-order valence-electron chi connectivity index (χ2n) is 6.83. The topological polar surface area (TPSA) is 61.4 Å². The molecule has 3 heterocycles. The van der Waals surface area contributed by atoms with Gasteiger partial charge in [0, 0.05) is 37.6 Å². The van der Waals surface area contributed by atoms with Gasteiger partial charge in [0.2, 0.25) is 11.8 Å². The molecule has 0 spiro atoms. The van der Waals surface area contributed by atoms with Crippen LogP contribution in [-0.4, -0.2) is 47.9 Å². The van der Waals surface area contributed by atoms with Gasteiger partial charge in [-0.05, 0) is 38.5 Å². The van der Waals surface area contributed by atoms with Gasteiger partial charge in [-0.3, -0.25) is 9.59 Å². The van der Waals surface area contributed by atoms with Crippen LogP contribution in [0.5, 0.6) is 0 Å². The molecule has 3 unspecified atom stereocenters. The van der Waals surface area contributed by atoms with Gasteiger partial charge in [-0.2, -0.15) is 0 Å². The van der Waals surface area contributed by atoms with Gasteiger partial charge in [-0.15, -0.1) is 0 Å². The van der Waals surface area contributed by atoms with Gasteiger partial charge in [-0.25, -0.2) is 0 Å². The van der Waals surface area contributed by atoms with E-state index in [1.165, 1.54) is 12.8 Å². The molecular formula is C16H27N3O2. The highest BCUT2D eigenvalue weighted by atomic mass is 16.2. The lowest BCUT2D eigenvalue weighted by Gasteiger charge is -2.40. The van der Waals surface area contributed by atoms with Crippen molar-refractivity contribution in [2.24, 2.45) is 5.92 Å². The second kappa shape index (κ2) is 6.34. The van der Waals surface area contributed by atoms with Crippen LogP contribution in [0.25, 0.3) is 0 Å². The molecule has 0 saturated carbocycles. The summed E-state index contributed by atoms with van der Waals surface area (Å²) in [7, 11) is 0. The summed E-state index contributed by atoms with van der Waals surface area (Å²) in [5, 5.41) is 6.49. The van der Waals surface area contributed by atoms with Gasteiger partial charge in [0.05, 0.1) is 5.92 Å². The van der Waals surface area contributed by atoms with Crippen LogP contribution < -0.4 is 10.6 Å². The van der Waals surface area contributed by atoms with E-state index >= 15 is 0 Å². The maximum absolute atomic E-state index is 12.9. The smallest absolute Gasteiger partial charge is 0.227 e. The third-order valence-electron chi connectivity index (χ3n) is 5.25. The first-order valence-electron chi connectivity index (χ1n) is 8.50. The van der Waals surface area contributed by atoms with E-state index in [4.69, 9.17) is 0 Å². The third kappa shape index (κ3) is 3.23. The van der Waals surface area contributed by atoms with E-state index in [0.717, 1.165) is 25.8 Å². The molecule has 21 heavy (non-hydrogen) atoms. The van der Waals surface area contributed by atoms with Crippen molar-refractivity contribution in [1.29, 1.82) is 0 Å². The lowest BCUT2D eigenvalue weighted by Crippen LogP contribution is -2.53. The molecule has 0 radical (unpaired) electrons. The fourth-order valence-electron chi connectivity index (χ4n) is 4.17. The molecule has 0 aromatic heterocycles. The van der Waals surface area contributed by atoms with Crippen molar-refractivity contribution >= 4 is 11.8 Å². The normalized spacial score (nSPS) is 35.4. The quantitative estimate of drug-likeness (QED) is 0.814. The average Bonchev–Trinajstić information content (AvgIpc) is 2.83. The van der Waals surface area contributed by atoms with Gasteiger partial charge < -0.3 is 15.5 Å². The average molecular weight is 293 g/mol. The highest BCUT2D eigenvalue weighted by Gasteiger charge is 2.39. The van der Waals surface area contributed by atoms with Crippen molar-refractivity contribution in [2.45, 2.75) is 70.0 Å². The summed E-state index contributed by atoms with van der Waals surface area (Å²) in [6, 6.07) is 1.60. The Kier molecular flexibility index (Phi) is 4.48. The molecule has 118 valence electrons. The third-order valence-corrected chi connectivity index (χ3v) is 5.25. The van der Waals surface area contributed by atoms with E-state index in [9.17, 15) is 9.59 Å². The Morgan fingerprint density at radius 1 is 1.24 bits per heavy atom. The van der Waals surface area contributed by atoms with Crippen LogP contribution in [-0.2, 0) is 9.59 Å². The van der Waals surface area contributed by atoms with Gasteiger partial charge in [0.15, 0.2) is 0 Å². The maximum atomic E-state index is 12.9. The zero-order valence-electron chi connectivity index (χ0n) is 12.9. The highest BCUT2D eigenvalue weighted by molar-refractivity contribution is 5.84. The standard InChI is InChI=1S/C16H27N3O2/c1-2-7-19(14-8-12-4-5-13(9-14)18-12)16(21)11-3-6-15(20)17-10-11/h11-14,18H,2-10H2,1H3,(H,17,20). The minimum Gasteiger partial charge on any atom is -0.355 e. The van der Waals surface area contributed by atoms with Crippen molar-refractivity contribution in [3.63, 3.8) is 0 Å². The monoisotopic (exact) mass is 293 g/mol. The summed E-state index contributed by atoms with van der Waals surface area (Å²) in [6.07, 6.45) is 6.92. The second-order valence-corrected chi connectivity index (χ2v) is 6.83. The number of hydrogen-bond donors (Lipinski definition) is 2. The zero-order valence-corrected chi connectivity index (χ0v) is 12.9. The van der Waals surface area contributed by atoms with Gasteiger partial charge in [0.25, 0.3) is 0 Å². The number of carbonyl (C=O) groups is 2. The van der Waals surface area contributed by atoms with Crippen LogP contribution >= 0.6 is 0 Å². The molecule has 5 nitrogen and oxygen atoms in total. The van der Waals surface area contributed by atoms with E-state index in [2.05, 4.69) is 22.5 Å². The number of amides is 2. The van der Waals surface area contributed by atoms with Crippen molar-refractivity contribution in [3.05, 3.63) is 0 Å². The van der Waals surface area contributed by atoms with Crippen LogP contribution in [0.1, 0.15) is 51.9 Å². The van der Waals surface area contributed by atoms with E-state index in [1.807, 2.05) is 0 Å². The predicted octanol–water partition coefficient (Wildman–Crippen LogP) is 1.03. The molecule has 3 fully saturated rings. The van der Waals surface area contributed by atoms with Crippen molar-refractivity contribution in [2.75, 3.05) is 13.1 Å². The molecule has 3 atom stereocenters. The van der Waals surface area contributed by atoms with E-state index in [1.54, 1.807) is 0 Å². The first kappa shape index (κ1) is 14.8. The summed E-state index contributed by atoms with van der Waals surface area (Å²) < 4.78 is 0. The molecule has 3 rings (SSSR count). The van der Waals surface area contributed by atoms with Crippen LogP contribution in [0.15, 0.2) is 0 Å². The van der Waals surface area contributed by atoms with Crippen molar-refractivity contribution < 1.29 is 9.59 Å². The van der Waals surface area contributed by atoms with E-state index < -0.39 is 0 Å². The van der Waals surface area contributed by atoms with Crippen molar-refractivity contribution in [1.82, 2.24) is 15.5 Å². The molecule has 3 aliphatic rings. The van der Waals surface area contributed by atoms with Crippen LogP contribution in [0, 0.1) is 5.92 Å². The Morgan fingerprint density at radius 3 is 2.52 bits per heavy atom. The fourth-order valence-corrected chi connectivity index (χ4v) is 4.17. The van der Waals surface area contributed by atoms with Crippen LogP contribution in [0.4, 0.5) is 0 Å². The number of fused-ring (bicyclic) bond motifs is 2. The largest absolute Gasteiger partial charge is 0.355 e. The summed E-state index contributed by atoms with van der Waals surface area (Å²) in [4.78, 5) is 26.3. The number of nitrogens with zero attached hydrogens (tertiary/aromatic N) is 1. The molecule has 3 saturated heterocycles. The predicted molar refractivity (Wildman–Crippen MR) is 80.7 cm³/mol. The Bertz CT molecular complexity index is 390. The molecule has 0 aromatic rings. The lowest BCUT2D eigenvalue weighted by atomic mass is 9.93. The first-order chi connectivity index (χ1) is 10.2. The summed E-state index contributed by atoms with van der Waals surface area (Å²) in [5.41, 5.74) is 0. The summed E-state index contributed by atoms with van der Waals surface area (Å²) in [6.45, 7) is 3.52. The zero-order chi connectivity index (χ0) is 14.8. The number of hydrogen-bond acceptors (Lipinski definition) is 3. The minimum absolute atomic E-state index is 0.0122.